The monoisotopic (exact) mass is 272 g/mol. The SMILES string of the molecule is C1=CC(c2ccccn2)c2ccccc21.c1ccncc1. The van der Waals surface area contributed by atoms with E-state index in [-0.39, 0.29) is 0 Å². The third kappa shape index (κ3) is 3.23. The molecule has 0 radical (unpaired) electrons. The lowest BCUT2D eigenvalue weighted by molar-refractivity contribution is 0.971. The van der Waals surface area contributed by atoms with Crippen molar-refractivity contribution in [3.05, 3.63) is 102 Å². The van der Waals surface area contributed by atoms with Crippen molar-refractivity contribution in [3.63, 3.8) is 0 Å². The zero-order valence-electron chi connectivity index (χ0n) is 11.6. The Bertz CT molecular complexity index is 679. The standard InChI is InChI=1S/C14H11N.C5H5N/c1-2-6-12-11(5-1)8-9-13(12)14-7-3-4-10-15-14;1-2-4-6-5-3-1/h1-10,13H;1-5H. The summed E-state index contributed by atoms with van der Waals surface area (Å²) in [5.74, 6) is 0.336. The average molecular weight is 272 g/mol. The number of nitrogens with zero attached hydrogens (tertiary/aromatic N) is 2. The van der Waals surface area contributed by atoms with Crippen molar-refractivity contribution >= 4 is 6.08 Å². The number of hydrogen-bond donors (Lipinski definition) is 0. The van der Waals surface area contributed by atoms with E-state index in [1.54, 1.807) is 12.4 Å². The van der Waals surface area contributed by atoms with Gasteiger partial charge in [-0.3, -0.25) is 9.97 Å². The van der Waals surface area contributed by atoms with E-state index in [1.165, 1.54) is 11.1 Å². The maximum atomic E-state index is 4.41. The number of aromatic nitrogens is 2. The predicted molar refractivity (Wildman–Crippen MR) is 85.8 cm³/mol. The van der Waals surface area contributed by atoms with Crippen molar-refractivity contribution in [1.29, 1.82) is 0 Å². The highest BCUT2D eigenvalue weighted by molar-refractivity contribution is 5.64. The van der Waals surface area contributed by atoms with Crippen LogP contribution >= 0.6 is 0 Å². The zero-order valence-corrected chi connectivity index (χ0v) is 11.6. The van der Waals surface area contributed by atoms with E-state index in [4.69, 9.17) is 0 Å². The number of rotatable bonds is 1. The average Bonchev–Trinajstić information content (AvgIpc) is 3.02. The van der Waals surface area contributed by atoms with Gasteiger partial charge in [-0.05, 0) is 35.4 Å². The van der Waals surface area contributed by atoms with Gasteiger partial charge < -0.3 is 0 Å². The maximum absolute atomic E-state index is 4.41. The summed E-state index contributed by atoms with van der Waals surface area (Å²) in [5, 5.41) is 0. The van der Waals surface area contributed by atoms with Crippen molar-refractivity contribution in [2.45, 2.75) is 5.92 Å². The van der Waals surface area contributed by atoms with Gasteiger partial charge in [-0.15, -0.1) is 0 Å². The van der Waals surface area contributed by atoms with Crippen LogP contribution < -0.4 is 0 Å². The van der Waals surface area contributed by atoms with Crippen molar-refractivity contribution in [2.75, 3.05) is 0 Å². The molecular weight excluding hydrogens is 256 g/mol. The molecule has 0 amide bonds. The minimum atomic E-state index is 0.336. The van der Waals surface area contributed by atoms with Crippen LogP contribution in [0.4, 0.5) is 0 Å². The van der Waals surface area contributed by atoms with Gasteiger partial charge in [0.25, 0.3) is 0 Å². The summed E-state index contributed by atoms with van der Waals surface area (Å²) in [5.41, 5.74) is 3.79. The summed E-state index contributed by atoms with van der Waals surface area (Å²) in [6, 6.07) is 20.3. The van der Waals surface area contributed by atoms with Gasteiger partial charge in [0.15, 0.2) is 0 Å². The molecule has 2 heterocycles. The van der Waals surface area contributed by atoms with Gasteiger partial charge in [0, 0.05) is 24.5 Å². The summed E-state index contributed by atoms with van der Waals surface area (Å²) in [4.78, 5) is 8.19. The Kier molecular flexibility index (Phi) is 4.18. The van der Waals surface area contributed by atoms with Crippen molar-refractivity contribution in [1.82, 2.24) is 9.97 Å². The van der Waals surface area contributed by atoms with Gasteiger partial charge in [0.2, 0.25) is 0 Å². The second-order valence-electron chi connectivity index (χ2n) is 4.74. The molecule has 1 unspecified atom stereocenters. The summed E-state index contributed by atoms with van der Waals surface area (Å²) in [6.07, 6.45) is 9.74. The van der Waals surface area contributed by atoms with Gasteiger partial charge >= 0.3 is 0 Å². The van der Waals surface area contributed by atoms with Crippen LogP contribution in [0.25, 0.3) is 6.08 Å². The molecule has 21 heavy (non-hydrogen) atoms. The summed E-state index contributed by atoms with van der Waals surface area (Å²) in [6.45, 7) is 0. The van der Waals surface area contributed by atoms with Crippen molar-refractivity contribution in [3.8, 4) is 0 Å². The topological polar surface area (TPSA) is 25.8 Å². The van der Waals surface area contributed by atoms with Crippen LogP contribution in [0.5, 0.6) is 0 Å². The van der Waals surface area contributed by atoms with Gasteiger partial charge in [-0.25, -0.2) is 0 Å². The summed E-state index contributed by atoms with van der Waals surface area (Å²) >= 11 is 0. The molecular formula is C19H16N2. The molecule has 0 fully saturated rings. The molecule has 1 aliphatic carbocycles. The van der Waals surface area contributed by atoms with Gasteiger partial charge in [-0.2, -0.15) is 0 Å². The molecule has 2 aromatic heterocycles. The van der Waals surface area contributed by atoms with Gasteiger partial charge in [0.1, 0.15) is 0 Å². The van der Waals surface area contributed by atoms with Crippen LogP contribution in [0.15, 0.2) is 85.3 Å². The molecule has 0 aliphatic heterocycles. The summed E-state index contributed by atoms with van der Waals surface area (Å²) < 4.78 is 0. The van der Waals surface area contributed by atoms with Crippen LogP contribution in [0.3, 0.4) is 0 Å². The highest BCUT2D eigenvalue weighted by Crippen LogP contribution is 2.33. The van der Waals surface area contributed by atoms with E-state index >= 15 is 0 Å². The minimum Gasteiger partial charge on any atom is -0.265 e. The molecule has 0 bridgehead atoms. The van der Waals surface area contributed by atoms with E-state index in [1.807, 2.05) is 36.5 Å². The smallest absolute Gasteiger partial charge is 0.0516 e. The molecule has 102 valence electrons. The first kappa shape index (κ1) is 13.3. The van der Waals surface area contributed by atoms with E-state index in [9.17, 15) is 0 Å². The molecule has 4 rings (SSSR count). The Balaban J connectivity index is 0.000000186. The lowest BCUT2D eigenvalue weighted by atomic mass is 9.97. The molecule has 1 aliphatic rings. The quantitative estimate of drug-likeness (QED) is 0.659. The molecule has 0 saturated carbocycles. The van der Waals surface area contributed by atoms with E-state index < -0.39 is 0 Å². The maximum Gasteiger partial charge on any atom is 0.0516 e. The van der Waals surface area contributed by atoms with E-state index in [0.29, 0.717) is 5.92 Å². The number of allylic oxidation sites excluding steroid dienone is 1. The molecule has 1 aromatic carbocycles. The molecule has 0 N–H and O–H groups in total. The second-order valence-corrected chi connectivity index (χ2v) is 4.74. The Morgan fingerprint density at radius 2 is 1.48 bits per heavy atom. The highest BCUT2D eigenvalue weighted by Gasteiger charge is 2.18. The van der Waals surface area contributed by atoms with E-state index in [2.05, 4.69) is 52.5 Å². The summed E-state index contributed by atoms with van der Waals surface area (Å²) in [7, 11) is 0. The molecule has 3 aromatic rings. The lowest BCUT2D eigenvalue weighted by Crippen LogP contribution is -1.97. The number of pyridine rings is 2. The third-order valence-corrected chi connectivity index (χ3v) is 3.37. The van der Waals surface area contributed by atoms with Crippen molar-refractivity contribution in [2.24, 2.45) is 0 Å². The fourth-order valence-electron chi connectivity index (χ4n) is 2.38. The number of benzene rings is 1. The van der Waals surface area contributed by atoms with Crippen LogP contribution in [0.1, 0.15) is 22.7 Å². The van der Waals surface area contributed by atoms with Crippen molar-refractivity contribution < 1.29 is 0 Å². The second kappa shape index (κ2) is 6.62. The first-order chi connectivity index (χ1) is 10.4. The largest absolute Gasteiger partial charge is 0.265 e. The Morgan fingerprint density at radius 1 is 0.714 bits per heavy atom. The molecule has 0 saturated heterocycles. The first-order valence-corrected chi connectivity index (χ1v) is 6.98. The number of fused-ring (bicyclic) bond motifs is 1. The molecule has 2 heteroatoms. The Labute approximate surface area is 124 Å². The van der Waals surface area contributed by atoms with Crippen LogP contribution in [0.2, 0.25) is 0 Å². The molecule has 1 atom stereocenters. The van der Waals surface area contributed by atoms with E-state index in [0.717, 1.165) is 5.69 Å². The van der Waals surface area contributed by atoms with Gasteiger partial charge in [0.05, 0.1) is 5.69 Å². The highest BCUT2D eigenvalue weighted by atomic mass is 14.7. The third-order valence-electron chi connectivity index (χ3n) is 3.37. The fourth-order valence-corrected chi connectivity index (χ4v) is 2.38. The normalized spacial score (nSPS) is 15.0. The Hall–Kier alpha value is -2.74. The molecule has 0 spiro atoms. The van der Waals surface area contributed by atoms with Crippen LogP contribution in [-0.2, 0) is 0 Å². The molecule has 2 nitrogen and oxygen atoms in total. The first-order valence-electron chi connectivity index (χ1n) is 6.98. The lowest BCUT2D eigenvalue weighted by Gasteiger charge is -2.09. The number of hydrogen-bond acceptors (Lipinski definition) is 2. The van der Waals surface area contributed by atoms with Crippen LogP contribution in [-0.4, -0.2) is 9.97 Å². The van der Waals surface area contributed by atoms with Gasteiger partial charge in [-0.1, -0.05) is 48.6 Å². The minimum absolute atomic E-state index is 0.336. The predicted octanol–water partition coefficient (Wildman–Crippen LogP) is 4.32. The fraction of sp³-hybridized carbons (Fsp3) is 0.0526. The van der Waals surface area contributed by atoms with Crippen LogP contribution in [0, 0.1) is 0 Å². The Morgan fingerprint density at radius 3 is 2.14 bits per heavy atom. The zero-order chi connectivity index (χ0) is 14.3.